The van der Waals surface area contributed by atoms with Gasteiger partial charge >= 0.3 is 5.97 Å². The zero-order chi connectivity index (χ0) is 21.4. The maximum Gasteiger partial charge on any atom is 0.338 e. The second-order valence-corrected chi connectivity index (χ2v) is 8.14. The van der Waals surface area contributed by atoms with Gasteiger partial charge in [-0.25, -0.2) is 17.9 Å². The fourth-order valence-corrected chi connectivity index (χ4v) is 3.43. The van der Waals surface area contributed by atoms with Crippen LogP contribution in [0.4, 0.5) is 0 Å². The number of likely N-dealkylation sites (N-methyl/N-ethyl adjacent to an activating group) is 1. The van der Waals surface area contributed by atoms with Crippen LogP contribution in [0.1, 0.15) is 30.0 Å². The van der Waals surface area contributed by atoms with E-state index in [2.05, 4.69) is 11.3 Å². The van der Waals surface area contributed by atoms with Crippen LogP contribution in [0.15, 0.2) is 64.1 Å². The van der Waals surface area contributed by atoms with E-state index in [9.17, 15) is 18.0 Å². The van der Waals surface area contributed by atoms with Crippen LogP contribution in [0, 0.1) is 0 Å². The maximum absolute atomic E-state index is 12.3. The topological polar surface area (TPSA) is 106 Å². The zero-order valence-electron chi connectivity index (χ0n) is 16.4. The molecule has 0 bridgehead atoms. The molecule has 0 spiro atoms. The first kappa shape index (κ1) is 22.4. The van der Waals surface area contributed by atoms with Gasteiger partial charge in [0, 0.05) is 13.1 Å². The molecule has 29 heavy (non-hydrogen) atoms. The lowest BCUT2D eigenvalue weighted by Crippen LogP contribution is -2.35. The summed E-state index contributed by atoms with van der Waals surface area (Å²) in [6.45, 7) is 7.87. The molecule has 2 aromatic rings. The van der Waals surface area contributed by atoms with Crippen molar-refractivity contribution < 1.29 is 27.2 Å². The van der Waals surface area contributed by atoms with Gasteiger partial charge in [0.25, 0.3) is 5.91 Å². The molecule has 0 aliphatic heterocycles. The van der Waals surface area contributed by atoms with Crippen molar-refractivity contribution in [2.24, 2.45) is 0 Å². The highest BCUT2D eigenvalue weighted by atomic mass is 32.2. The van der Waals surface area contributed by atoms with Gasteiger partial charge in [0.15, 0.2) is 6.61 Å². The average Bonchev–Trinajstić information content (AvgIpc) is 3.22. The second-order valence-electron chi connectivity index (χ2n) is 6.37. The Bertz CT molecular complexity index is 949. The fourth-order valence-electron chi connectivity index (χ4n) is 2.44. The van der Waals surface area contributed by atoms with E-state index in [0.29, 0.717) is 18.8 Å². The minimum absolute atomic E-state index is 0.00435. The molecule has 8 nitrogen and oxygen atoms in total. The third-order valence-corrected chi connectivity index (χ3v) is 5.36. The fraction of sp³-hybridized carbons (Fsp3) is 0.300. The summed E-state index contributed by atoms with van der Waals surface area (Å²) >= 11 is 0. The Kier molecular flexibility index (Phi) is 7.74. The number of nitrogens with zero attached hydrogens (tertiary/aromatic N) is 1. The lowest BCUT2D eigenvalue weighted by atomic mass is 10.2. The number of hydrogen-bond acceptors (Lipinski definition) is 6. The van der Waals surface area contributed by atoms with E-state index >= 15 is 0 Å². The van der Waals surface area contributed by atoms with Crippen LogP contribution in [-0.2, 0) is 26.1 Å². The number of hydrogen-bond donors (Lipinski definition) is 1. The van der Waals surface area contributed by atoms with Gasteiger partial charge in [-0.1, -0.05) is 12.2 Å². The molecule has 0 fully saturated rings. The summed E-state index contributed by atoms with van der Waals surface area (Å²) in [5, 5.41) is 0. The number of ether oxygens (including phenoxy) is 1. The monoisotopic (exact) mass is 420 g/mol. The average molecular weight is 420 g/mol. The van der Waals surface area contributed by atoms with Crippen LogP contribution in [0.2, 0.25) is 0 Å². The van der Waals surface area contributed by atoms with Crippen LogP contribution < -0.4 is 4.72 Å². The molecular weight excluding hydrogens is 396 g/mol. The van der Waals surface area contributed by atoms with E-state index < -0.39 is 22.6 Å². The molecule has 1 heterocycles. The highest BCUT2D eigenvalue weighted by molar-refractivity contribution is 7.89. The first-order valence-corrected chi connectivity index (χ1v) is 10.4. The van der Waals surface area contributed by atoms with Gasteiger partial charge in [-0.2, -0.15) is 0 Å². The Morgan fingerprint density at radius 2 is 1.90 bits per heavy atom. The molecule has 0 radical (unpaired) electrons. The number of furan rings is 1. The van der Waals surface area contributed by atoms with Crippen LogP contribution in [0.5, 0.6) is 0 Å². The van der Waals surface area contributed by atoms with E-state index in [-0.39, 0.29) is 22.9 Å². The standard InChI is InChI=1S/C20H24N2O6S/c1-4-22(13-15(2)3)19(23)14-28-20(24)16-7-9-18(10-8-16)29(25,26)21-12-17-6-5-11-27-17/h5-11,21H,2,4,12-14H2,1,3H3. The summed E-state index contributed by atoms with van der Waals surface area (Å²) in [5.74, 6) is -0.561. The van der Waals surface area contributed by atoms with Crippen LogP contribution >= 0.6 is 0 Å². The molecule has 0 aliphatic carbocycles. The summed E-state index contributed by atoms with van der Waals surface area (Å²) in [7, 11) is -3.76. The number of sulfonamides is 1. The lowest BCUT2D eigenvalue weighted by Gasteiger charge is -2.20. The Morgan fingerprint density at radius 1 is 1.21 bits per heavy atom. The molecule has 1 amide bonds. The largest absolute Gasteiger partial charge is 0.468 e. The number of rotatable bonds is 10. The number of esters is 1. The van der Waals surface area contributed by atoms with E-state index in [1.807, 2.05) is 6.92 Å². The molecule has 1 aromatic heterocycles. The Balaban J connectivity index is 1.94. The predicted octanol–water partition coefficient (Wildman–Crippen LogP) is 2.34. The molecule has 2 rings (SSSR count). The van der Waals surface area contributed by atoms with Crippen LogP contribution in [0.3, 0.4) is 0 Å². The molecule has 9 heteroatoms. The van der Waals surface area contributed by atoms with Gasteiger partial charge in [-0.15, -0.1) is 0 Å². The van der Waals surface area contributed by atoms with Gasteiger partial charge in [0.1, 0.15) is 5.76 Å². The molecule has 0 saturated carbocycles. The molecule has 1 N–H and O–H groups in total. The van der Waals surface area contributed by atoms with Crippen molar-refractivity contribution in [3.05, 3.63) is 66.1 Å². The number of benzene rings is 1. The number of nitrogens with one attached hydrogen (secondary N) is 1. The third kappa shape index (κ3) is 6.58. The molecule has 0 unspecified atom stereocenters. The summed E-state index contributed by atoms with van der Waals surface area (Å²) in [6, 6.07) is 8.57. The van der Waals surface area contributed by atoms with Gasteiger partial charge in [0.2, 0.25) is 10.0 Å². The summed E-state index contributed by atoms with van der Waals surface area (Å²) < 4.78 is 37.1. The smallest absolute Gasteiger partial charge is 0.338 e. The summed E-state index contributed by atoms with van der Waals surface area (Å²) in [6.07, 6.45) is 1.45. The van der Waals surface area contributed by atoms with E-state index in [1.54, 1.807) is 19.1 Å². The van der Waals surface area contributed by atoms with Gasteiger partial charge in [0.05, 0.1) is 23.3 Å². The minimum Gasteiger partial charge on any atom is -0.468 e. The summed E-state index contributed by atoms with van der Waals surface area (Å²) in [4.78, 5) is 25.8. The Labute approximate surface area is 170 Å². The highest BCUT2D eigenvalue weighted by Gasteiger charge is 2.18. The normalized spacial score (nSPS) is 11.1. The quantitative estimate of drug-likeness (QED) is 0.467. The minimum atomic E-state index is -3.76. The summed E-state index contributed by atoms with van der Waals surface area (Å²) in [5.41, 5.74) is 0.967. The van der Waals surface area contributed by atoms with Crippen molar-refractivity contribution in [2.75, 3.05) is 19.7 Å². The van der Waals surface area contributed by atoms with Gasteiger partial charge in [-0.3, -0.25) is 4.79 Å². The van der Waals surface area contributed by atoms with Gasteiger partial charge in [-0.05, 0) is 50.2 Å². The Morgan fingerprint density at radius 3 is 2.45 bits per heavy atom. The van der Waals surface area contributed by atoms with Crippen molar-refractivity contribution >= 4 is 21.9 Å². The molecule has 156 valence electrons. The third-order valence-electron chi connectivity index (χ3n) is 3.94. The number of carbonyl (C=O) groups excluding carboxylic acids is 2. The molecular formula is C20H24N2O6S. The van der Waals surface area contributed by atoms with Gasteiger partial charge < -0.3 is 14.1 Å². The number of carbonyl (C=O) groups is 2. The predicted molar refractivity (Wildman–Crippen MR) is 107 cm³/mol. The van der Waals surface area contributed by atoms with Crippen LogP contribution in [0.25, 0.3) is 0 Å². The SMILES string of the molecule is C=C(C)CN(CC)C(=O)COC(=O)c1ccc(S(=O)(=O)NCc2ccco2)cc1. The Hall–Kier alpha value is -2.91. The molecule has 0 aliphatic rings. The highest BCUT2D eigenvalue weighted by Crippen LogP contribution is 2.12. The second kappa shape index (κ2) is 10.0. The molecule has 0 atom stereocenters. The van der Waals surface area contributed by atoms with Crippen molar-refractivity contribution in [2.45, 2.75) is 25.3 Å². The zero-order valence-corrected chi connectivity index (χ0v) is 17.2. The van der Waals surface area contributed by atoms with E-state index in [1.165, 1.54) is 35.4 Å². The van der Waals surface area contributed by atoms with E-state index in [0.717, 1.165) is 5.57 Å². The van der Waals surface area contributed by atoms with Crippen molar-refractivity contribution in [3.8, 4) is 0 Å². The van der Waals surface area contributed by atoms with E-state index in [4.69, 9.17) is 9.15 Å². The lowest BCUT2D eigenvalue weighted by molar-refractivity contribution is -0.133. The maximum atomic E-state index is 12.3. The first-order chi connectivity index (χ1) is 13.7. The van der Waals surface area contributed by atoms with Crippen molar-refractivity contribution in [3.63, 3.8) is 0 Å². The number of amides is 1. The van der Waals surface area contributed by atoms with Crippen LogP contribution in [-0.4, -0.2) is 44.9 Å². The van der Waals surface area contributed by atoms with Crippen molar-refractivity contribution in [1.82, 2.24) is 9.62 Å². The molecule has 0 saturated heterocycles. The van der Waals surface area contributed by atoms with Crippen molar-refractivity contribution in [1.29, 1.82) is 0 Å². The first-order valence-electron chi connectivity index (χ1n) is 8.94. The molecule has 1 aromatic carbocycles.